The van der Waals surface area contributed by atoms with Gasteiger partial charge in [0.15, 0.2) is 0 Å². The van der Waals surface area contributed by atoms with Crippen LogP contribution in [0.4, 0.5) is 13.2 Å². The second kappa shape index (κ2) is 8.66. The maximum atomic E-state index is 13.1. The molecule has 0 spiro atoms. The lowest BCUT2D eigenvalue weighted by Gasteiger charge is -2.15. The summed E-state index contributed by atoms with van der Waals surface area (Å²) in [6.07, 6.45) is -3.59. The Labute approximate surface area is 128 Å². The standard InChI is InChI=1S/C15H22F3NOS/c1-11(2)19-10-12-5-6-14(21-8-4-7-20-3)13(9-12)15(16,17)18/h5-6,9,11,19H,4,7-8,10H2,1-3H3. The lowest BCUT2D eigenvalue weighted by molar-refractivity contribution is -0.139. The number of alkyl halides is 3. The largest absolute Gasteiger partial charge is 0.417 e. The van der Waals surface area contributed by atoms with Crippen LogP contribution in [0, 0.1) is 0 Å². The van der Waals surface area contributed by atoms with E-state index in [-0.39, 0.29) is 10.9 Å². The molecular weight excluding hydrogens is 299 g/mol. The van der Waals surface area contributed by atoms with Crippen LogP contribution in [0.5, 0.6) is 0 Å². The molecule has 0 aliphatic carbocycles. The fourth-order valence-corrected chi connectivity index (χ4v) is 2.72. The maximum absolute atomic E-state index is 13.1. The van der Waals surface area contributed by atoms with Crippen LogP contribution in [-0.4, -0.2) is 25.5 Å². The minimum atomic E-state index is -4.32. The minimum absolute atomic E-state index is 0.238. The fraction of sp³-hybridized carbons (Fsp3) is 0.600. The molecule has 0 saturated carbocycles. The van der Waals surface area contributed by atoms with Gasteiger partial charge in [-0.15, -0.1) is 11.8 Å². The van der Waals surface area contributed by atoms with Gasteiger partial charge < -0.3 is 10.1 Å². The molecule has 0 aromatic heterocycles. The Morgan fingerprint density at radius 1 is 1.29 bits per heavy atom. The molecule has 2 nitrogen and oxygen atoms in total. The van der Waals surface area contributed by atoms with Gasteiger partial charge in [0.05, 0.1) is 5.56 Å². The Hall–Kier alpha value is -0.720. The van der Waals surface area contributed by atoms with Gasteiger partial charge in [0.25, 0.3) is 0 Å². The normalized spacial score (nSPS) is 12.1. The van der Waals surface area contributed by atoms with E-state index in [2.05, 4.69) is 5.32 Å². The highest BCUT2D eigenvalue weighted by Gasteiger charge is 2.33. The van der Waals surface area contributed by atoms with Gasteiger partial charge in [0.2, 0.25) is 0 Å². The smallest absolute Gasteiger partial charge is 0.385 e. The molecule has 0 radical (unpaired) electrons. The summed E-state index contributed by atoms with van der Waals surface area (Å²) in [6.45, 7) is 4.93. The average Bonchev–Trinajstić information content (AvgIpc) is 2.41. The molecule has 1 aromatic rings. The number of hydrogen-bond acceptors (Lipinski definition) is 3. The van der Waals surface area contributed by atoms with Crippen molar-refractivity contribution in [1.82, 2.24) is 5.32 Å². The van der Waals surface area contributed by atoms with Crippen molar-refractivity contribution in [2.45, 2.75) is 43.9 Å². The topological polar surface area (TPSA) is 21.3 Å². The summed E-state index contributed by atoms with van der Waals surface area (Å²) in [5.41, 5.74) is 0.102. The van der Waals surface area contributed by atoms with E-state index in [4.69, 9.17) is 4.74 Å². The van der Waals surface area contributed by atoms with Crippen LogP contribution in [0.3, 0.4) is 0 Å². The number of hydrogen-bond donors (Lipinski definition) is 1. The Bertz CT molecular complexity index is 435. The van der Waals surface area contributed by atoms with Crippen molar-refractivity contribution in [3.63, 3.8) is 0 Å². The van der Waals surface area contributed by atoms with E-state index >= 15 is 0 Å². The summed E-state index contributed by atoms with van der Waals surface area (Å²) in [5.74, 6) is 0.612. The van der Waals surface area contributed by atoms with Gasteiger partial charge in [-0.25, -0.2) is 0 Å². The van der Waals surface area contributed by atoms with E-state index < -0.39 is 11.7 Å². The zero-order chi connectivity index (χ0) is 15.9. The van der Waals surface area contributed by atoms with Gasteiger partial charge in [0.1, 0.15) is 0 Å². The zero-order valence-electron chi connectivity index (χ0n) is 12.6. The van der Waals surface area contributed by atoms with Gasteiger partial charge >= 0.3 is 6.18 Å². The molecule has 0 atom stereocenters. The van der Waals surface area contributed by atoms with Gasteiger partial charge in [-0.2, -0.15) is 13.2 Å². The predicted molar refractivity (Wildman–Crippen MR) is 80.6 cm³/mol. The van der Waals surface area contributed by atoms with Crippen LogP contribution >= 0.6 is 11.8 Å². The lowest BCUT2D eigenvalue weighted by Crippen LogP contribution is -2.22. The number of ether oxygens (including phenoxy) is 1. The molecule has 1 N–H and O–H groups in total. The molecule has 0 heterocycles. The molecule has 6 heteroatoms. The second-order valence-corrected chi connectivity index (χ2v) is 6.20. The molecule has 0 bridgehead atoms. The number of thioether (sulfide) groups is 1. The van der Waals surface area contributed by atoms with Crippen LogP contribution in [0.15, 0.2) is 23.1 Å². The number of halogens is 3. The lowest BCUT2D eigenvalue weighted by atomic mass is 10.1. The van der Waals surface area contributed by atoms with Gasteiger partial charge in [0, 0.05) is 37.0 Å². The van der Waals surface area contributed by atoms with E-state index in [1.807, 2.05) is 13.8 Å². The predicted octanol–water partition coefficient (Wildman–Crippen LogP) is 4.33. The Morgan fingerprint density at radius 3 is 2.57 bits per heavy atom. The third-order valence-electron chi connectivity index (χ3n) is 2.81. The van der Waals surface area contributed by atoms with Crippen LogP contribution < -0.4 is 5.32 Å². The van der Waals surface area contributed by atoms with E-state index in [1.165, 1.54) is 17.8 Å². The summed E-state index contributed by atoms with van der Waals surface area (Å²) in [5, 5.41) is 3.13. The minimum Gasteiger partial charge on any atom is -0.385 e. The number of rotatable bonds is 8. The van der Waals surface area contributed by atoms with Crippen molar-refractivity contribution in [2.24, 2.45) is 0 Å². The van der Waals surface area contributed by atoms with Crippen LogP contribution in [0.25, 0.3) is 0 Å². The summed E-state index contributed by atoms with van der Waals surface area (Å²) < 4.78 is 44.3. The first-order valence-corrected chi connectivity index (χ1v) is 7.88. The Balaban J connectivity index is 2.82. The summed E-state index contributed by atoms with van der Waals surface area (Å²) in [7, 11) is 1.59. The van der Waals surface area contributed by atoms with Gasteiger partial charge in [-0.05, 0) is 24.1 Å². The van der Waals surface area contributed by atoms with E-state index in [0.717, 1.165) is 6.42 Å². The first kappa shape index (κ1) is 18.3. The van der Waals surface area contributed by atoms with Crippen molar-refractivity contribution in [3.05, 3.63) is 29.3 Å². The molecule has 1 rings (SSSR count). The van der Waals surface area contributed by atoms with Gasteiger partial charge in [-0.1, -0.05) is 19.9 Å². The maximum Gasteiger partial charge on any atom is 0.417 e. The first-order chi connectivity index (χ1) is 9.84. The second-order valence-electron chi connectivity index (χ2n) is 5.06. The van der Waals surface area contributed by atoms with Crippen molar-refractivity contribution in [2.75, 3.05) is 19.5 Å². The van der Waals surface area contributed by atoms with E-state index in [0.29, 0.717) is 24.5 Å². The molecule has 0 aliphatic rings. The molecular formula is C15H22F3NOS. The molecule has 0 unspecified atom stereocenters. The SMILES string of the molecule is COCCCSc1ccc(CNC(C)C)cc1C(F)(F)F. The number of benzene rings is 1. The molecule has 0 amide bonds. The van der Waals surface area contributed by atoms with Crippen LogP contribution in [0.2, 0.25) is 0 Å². The molecule has 0 aliphatic heterocycles. The van der Waals surface area contributed by atoms with Crippen molar-refractivity contribution in [3.8, 4) is 0 Å². The van der Waals surface area contributed by atoms with Crippen molar-refractivity contribution < 1.29 is 17.9 Å². The van der Waals surface area contributed by atoms with Crippen LogP contribution in [0.1, 0.15) is 31.4 Å². The molecule has 0 fully saturated rings. The quantitative estimate of drug-likeness (QED) is 0.569. The summed E-state index contributed by atoms with van der Waals surface area (Å²) >= 11 is 1.23. The van der Waals surface area contributed by atoms with Crippen molar-refractivity contribution >= 4 is 11.8 Å². The molecule has 1 aromatic carbocycles. The summed E-state index contributed by atoms with van der Waals surface area (Å²) in [6, 6.07) is 4.80. The molecule has 21 heavy (non-hydrogen) atoms. The third-order valence-corrected chi connectivity index (χ3v) is 3.97. The van der Waals surface area contributed by atoms with Crippen molar-refractivity contribution in [1.29, 1.82) is 0 Å². The first-order valence-electron chi connectivity index (χ1n) is 6.90. The zero-order valence-corrected chi connectivity index (χ0v) is 13.4. The Kier molecular flexibility index (Phi) is 7.56. The highest BCUT2D eigenvalue weighted by atomic mass is 32.2. The fourth-order valence-electron chi connectivity index (χ4n) is 1.74. The third kappa shape index (κ3) is 6.72. The monoisotopic (exact) mass is 321 g/mol. The van der Waals surface area contributed by atoms with Crippen LogP contribution in [-0.2, 0) is 17.5 Å². The molecule has 0 saturated heterocycles. The van der Waals surface area contributed by atoms with Gasteiger partial charge in [-0.3, -0.25) is 0 Å². The van der Waals surface area contributed by atoms with E-state index in [1.54, 1.807) is 19.2 Å². The highest BCUT2D eigenvalue weighted by Crippen LogP contribution is 2.37. The summed E-state index contributed by atoms with van der Waals surface area (Å²) in [4.78, 5) is 0.284. The average molecular weight is 321 g/mol. The number of nitrogens with one attached hydrogen (secondary N) is 1. The van der Waals surface area contributed by atoms with E-state index in [9.17, 15) is 13.2 Å². The number of methoxy groups -OCH3 is 1. The molecule has 120 valence electrons. The Morgan fingerprint density at radius 2 is 2.00 bits per heavy atom. The highest BCUT2D eigenvalue weighted by molar-refractivity contribution is 7.99.